The number of amides is 2. The third-order valence-corrected chi connectivity index (χ3v) is 7.14. The fourth-order valence-corrected chi connectivity index (χ4v) is 5.18. The predicted octanol–water partition coefficient (Wildman–Crippen LogP) is 2.44. The zero-order valence-corrected chi connectivity index (χ0v) is 22.2. The number of hydrogen-bond acceptors (Lipinski definition) is 6. The Hall–Kier alpha value is -3.08. The Morgan fingerprint density at radius 3 is 2.64 bits per heavy atom. The lowest BCUT2D eigenvalue weighted by Gasteiger charge is -2.29. The van der Waals surface area contributed by atoms with E-state index in [0.717, 1.165) is 18.2 Å². The van der Waals surface area contributed by atoms with Gasteiger partial charge < -0.3 is 30.1 Å². The zero-order valence-electron chi connectivity index (χ0n) is 22.2. The van der Waals surface area contributed by atoms with E-state index in [0.29, 0.717) is 38.3 Å². The first-order valence-corrected chi connectivity index (χ1v) is 13.6. The van der Waals surface area contributed by atoms with Crippen molar-refractivity contribution in [3.05, 3.63) is 65.7 Å². The standard InChI is InChI=1S/C29H37F2N3O5/c1-2-9-38-10-8-34-18-20(14-27(34)35)29(37)33-26(13-19-11-21(30)15-22(31)12-19)28(36)25-16-24(17-32-25)39-23-6-4-3-5-7-23/h3-7,11-12,15,20,24-26,28,32,36H,2,8-10,13-14,16-18H2,1H3,(H,33,37)/t20?,24-,25-,26+,28-/m1/s1. The molecule has 1 unspecified atom stereocenters. The van der Waals surface area contributed by atoms with Crippen LogP contribution in [0.3, 0.4) is 0 Å². The van der Waals surface area contributed by atoms with Gasteiger partial charge in [0.2, 0.25) is 11.8 Å². The number of aliphatic hydroxyl groups excluding tert-OH is 1. The predicted molar refractivity (Wildman–Crippen MR) is 141 cm³/mol. The highest BCUT2D eigenvalue weighted by Gasteiger charge is 2.39. The third-order valence-electron chi connectivity index (χ3n) is 7.14. The number of hydrogen-bond donors (Lipinski definition) is 3. The highest BCUT2D eigenvalue weighted by Crippen LogP contribution is 2.23. The molecule has 2 aliphatic heterocycles. The summed E-state index contributed by atoms with van der Waals surface area (Å²) >= 11 is 0. The van der Waals surface area contributed by atoms with Crippen LogP contribution in [-0.4, -0.2) is 79.0 Å². The maximum atomic E-state index is 13.9. The van der Waals surface area contributed by atoms with Gasteiger partial charge in [0.15, 0.2) is 0 Å². The number of halogens is 2. The second-order valence-corrected chi connectivity index (χ2v) is 10.2. The number of nitrogens with one attached hydrogen (secondary N) is 2. The smallest absolute Gasteiger partial charge is 0.225 e. The van der Waals surface area contributed by atoms with Crippen molar-refractivity contribution in [2.24, 2.45) is 5.92 Å². The maximum Gasteiger partial charge on any atom is 0.225 e. The molecule has 5 atom stereocenters. The largest absolute Gasteiger partial charge is 0.489 e. The molecule has 0 aromatic heterocycles. The van der Waals surface area contributed by atoms with Gasteiger partial charge in [-0.2, -0.15) is 0 Å². The molecular weight excluding hydrogens is 508 g/mol. The molecule has 0 spiro atoms. The van der Waals surface area contributed by atoms with Crippen LogP contribution in [0.1, 0.15) is 31.7 Å². The average Bonchev–Trinajstić information content (AvgIpc) is 3.52. The summed E-state index contributed by atoms with van der Waals surface area (Å²) in [5, 5.41) is 17.5. The van der Waals surface area contributed by atoms with Crippen LogP contribution in [0.5, 0.6) is 5.75 Å². The van der Waals surface area contributed by atoms with Crippen LogP contribution in [0.4, 0.5) is 8.78 Å². The van der Waals surface area contributed by atoms with Crippen molar-refractivity contribution in [2.45, 2.75) is 56.9 Å². The van der Waals surface area contributed by atoms with Gasteiger partial charge in [0.05, 0.1) is 24.7 Å². The van der Waals surface area contributed by atoms with E-state index in [2.05, 4.69) is 10.6 Å². The van der Waals surface area contributed by atoms with E-state index < -0.39 is 35.7 Å². The molecule has 2 aliphatic rings. The Kier molecular flexibility index (Phi) is 10.2. The minimum absolute atomic E-state index is 0.0131. The molecule has 2 fully saturated rings. The van der Waals surface area contributed by atoms with E-state index in [9.17, 15) is 23.5 Å². The fraction of sp³-hybridized carbons (Fsp3) is 0.517. The summed E-state index contributed by atoms with van der Waals surface area (Å²) in [6.07, 6.45) is 0.178. The van der Waals surface area contributed by atoms with E-state index in [1.807, 2.05) is 37.3 Å². The van der Waals surface area contributed by atoms with Crippen molar-refractivity contribution in [3.8, 4) is 5.75 Å². The van der Waals surface area contributed by atoms with Crippen LogP contribution in [-0.2, 0) is 20.7 Å². The summed E-state index contributed by atoms with van der Waals surface area (Å²) in [4.78, 5) is 27.3. The molecule has 39 heavy (non-hydrogen) atoms. The molecule has 4 rings (SSSR count). The summed E-state index contributed by atoms with van der Waals surface area (Å²) in [5.74, 6) is -1.85. The number of carbonyl (C=O) groups is 2. The zero-order chi connectivity index (χ0) is 27.8. The van der Waals surface area contributed by atoms with Crippen LogP contribution in [0.25, 0.3) is 0 Å². The molecule has 2 saturated heterocycles. The molecule has 3 N–H and O–H groups in total. The van der Waals surface area contributed by atoms with Gasteiger partial charge in [-0.15, -0.1) is 0 Å². The van der Waals surface area contributed by atoms with Gasteiger partial charge in [0.25, 0.3) is 0 Å². The second kappa shape index (κ2) is 13.8. The average molecular weight is 546 g/mol. The van der Waals surface area contributed by atoms with Crippen LogP contribution in [0.2, 0.25) is 0 Å². The van der Waals surface area contributed by atoms with Crippen LogP contribution >= 0.6 is 0 Å². The summed E-state index contributed by atoms with van der Waals surface area (Å²) in [6, 6.07) is 11.3. The molecule has 212 valence electrons. The van der Waals surface area contributed by atoms with E-state index in [4.69, 9.17) is 9.47 Å². The van der Waals surface area contributed by atoms with Gasteiger partial charge in [0.1, 0.15) is 23.5 Å². The second-order valence-electron chi connectivity index (χ2n) is 10.2. The van der Waals surface area contributed by atoms with Gasteiger partial charge in [0, 0.05) is 51.2 Å². The number of rotatable bonds is 13. The number of likely N-dealkylation sites (tertiary alicyclic amines) is 1. The Bertz CT molecular complexity index is 1090. The molecule has 8 nitrogen and oxygen atoms in total. The summed E-state index contributed by atoms with van der Waals surface area (Å²) in [5.41, 5.74) is 0.309. The van der Waals surface area contributed by atoms with Gasteiger partial charge in [-0.05, 0) is 42.7 Å². The molecule has 0 radical (unpaired) electrons. The van der Waals surface area contributed by atoms with Crippen molar-refractivity contribution in [3.63, 3.8) is 0 Å². The van der Waals surface area contributed by atoms with Gasteiger partial charge in [-0.3, -0.25) is 9.59 Å². The molecule has 0 saturated carbocycles. The molecular formula is C29H37F2N3O5. The number of benzene rings is 2. The summed E-state index contributed by atoms with van der Waals surface area (Å²) < 4.78 is 39.3. The molecule has 2 aromatic rings. The molecule has 2 heterocycles. The number of ether oxygens (including phenoxy) is 2. The SMILES string of the molecule is CCCOCCN1CC(C(=O)N[C@@H](Cc2cc(F)cc(F)c2)[C@H](O)[C@H]2C[C@@H](Oc3ccccc3)CN2)CC1=O. The lowest BCUT2D eigenvalue weighted by Crippen LogP contribution is -2.53. The topological polar surface area (TPSA) is 100 Å². The van der Waals surface area contributed by atoms with Crippen molar-refractivity contribution in [2.75, 3.05) is 32.8 Å². The molecule has 10 heteroatoms. The number of para-hydroxylation sites is 1. The van der Waals surface area contributed by atoms with Gasteiger partial charge >= 0.3 is 0 Å². The van der Waals surface area contributed by atoms with Gasteiger partial charge in [-0.1, -0.05) is 25.1 Å². The first kappa shape index (κ1) is 28.9. The van der Waals surface area contributed by atoms with E-state index in [1.54, 1.807) is 4.90 Å². The molecule has 0 bridgehead atoms. The molecule has 0 aliphatic carbocycles. The van der Waals surface area contributed by atoms with Crippen LogP contribution < -0.4 is 15.4 Å². The summed E-state index contributed by atoms with van der Waals surface area (Å²) in [7, 11) is 0. The van der Waals surface area contributed by atoms with Crippen molar-refractivity contribution < 1.29 is 33.0 Å². The molecule has 2 aromatic carbocycles. The Labute approximate surface area is 227 Å². The van der Waals surface area contributed by atoms with Crippen LogP contribution in [0, 0.1) is 17.6 Å². The highest BCUT2D eigenvalue weighted by molar-refractivity contribution is 5.89. The number of nitrogens with zero attached hydrogens (tertiary/aromatic N) is 1. The minimum atomic E-state index is -1.07. The van der Waals surface area contributed by atoms with Crippen molar-refractivity contribution in [1.29, 1.82) is 0 Å². The van der Waals surface area contributed by atoms with Crippen molar-refractivity contribution >= 4 is 11.8 Å². The van der Waals surface area contributed by atoms with E-state index in [1.165, 1.54) is 12.1 Å². The first-order valence-electron chi connectivity index (χ1n) is 13.6. The van der Waals surface area contributed by atoms with Crippen molar-refractivity contribution in [1.82, 2.24) is 15.5 Å². The third kappa shape index (κ3) is 8.20. The van der Waals surface area contributed by atoms with E-state index in [-0.39, 0.29) is 37.3 Å². The fourth-order valence-electron chi connectivity index (χ4n) is 5.18. The maximum absolute atomic E-state index is 13.9. The minimum Gasteiger partial charge on any atom is -0.489 e. The first-order chi connectivity index (χ1) is 18.8. The van der Waals surface area contributed by atoms with Gasteiger partial charge in [-0.25, -0.2) is 8.78 Å². The summed E-state index contributed by atoms with van der Waals surface area (Å²) in [6.45, 7) is 4.18. The lowest BCUT2D eigenvalue weighted by atomic mass is 9.94. The highest BCUT2D eigenvalue weighted by atomic mass is 19.1. The lowest BCUT2D eigenvalue weighted by molar-refractivity contribution is -0.129. The molecule has 2 amide bonds. The number of carbonyl (C=O) groups excluding carboxylic acids is 2. The van der Waals surface area contributed by atoms with Crippen LogP contribution in [0.15, 0.2) is 48.5 Å². The monoisotopic (exact) mass is 545 g/mol. The number of aliphatic hydroxyl groups is 1. The normalized spacial score (nSPS) is 22.6. The Morgan fingerprint density at radius 2 is 1.92 bits per heavy atom. The Balaban J connectivity index is 1.41. The quantitative estimate of drug-likeness (QED) is 0.335. The van der Waals surface area contributed by atoms with E-state index >= 15 is 0 Å². The Morgan fingerprint density at radius 1 is 1.18 bits per heavy atom.